The lowest BCUT2D eigenvalue weighted by Crippen LogP contribution is -2.48. The molecule has 8 nitrogen and oxygen atoms in total. The predicted molar refractivity (Wildman–Crippen MR) is 161 cm³/mol. The second-order valence-electron chi connectivity index (χ2n) is 11.6. The van der Waals surface area contributed by atoms with Crippen molar-refractivity contribution in [3.63, 3.8) is 0 Å². The Kier molecular flexibility index (Phi) is 9.06. The topological polar surface area (TPSA) is 115 Å². The van der Waals surface area contributed by atoms with Crippen LogP contribution in [0.4, 0.5) is 23.2 Å². The Labute approximate surface area is 258 Å². The Morgan fingerprint density at radius 3 is 2.47 bits per heavy atom. The molecule has 2 heterocycles. The van der Waals surface area contributed by atoms with Crippen molar-refractivity contribution < 1.29 is 27.2 Å². The highest BCUT2D eigenvalue weighted by molar-refractivity contribution is 6.03. The number of carbonyl (C=O) groups is 2. The smallest absolute Gasteiger partial charge is 0.342 e. The number of anilines is 1. The highest BCUT2D eigenvalue weighted by Gasteiger charge is 2.40. The highest BCUT2D eigenvalue weighted by Crippen LogP contribution is 2.42. The third-order valence-electron chi connectivity index (χ3n) is 7.97. The Balaban J connectivity index is 1.57. The van der Waals surface area contributed by atoms with Gasteiger partial charge in [0.1, 0.15) is 11.5 Å². The van der Waals surface area contributed by atoms with Gasteiger partial charge in [-0.05, 0) is 60.2 Å². The number of halogens is 4. The standard InChI is InChI=1S/C33H34F4N6O2/c1-20(2)30(44)41-32(13-12-21-8-9-21,24-6-4-14-39-19-24)23-10-11-26(34)27(16-23)40-31(45)28-17-29(33(35,36)37)42-43(28)25-7-3-5-22(15-25)18-38/h3-7,10-11,14-17,19-21H,8-9,12-13,18,38H2,1-2H3,(H,40,45)(H,41,44). The number of pyridine rings is 1. The third-order valence-corrected chi connectivity index (χ3v) is 7.97. The summed E-state index contributed by atoms with van der Waals surface area (Å²) >= 11 is 0. The molecular formula is C33H34F4N6O2. The Morgan fingerprint density at radius 1 is 1.04 bits per heavy atom. The quantitative estimate of drug-likeness (QED) is 0.169. The van der Waals surface area contributed by atoms with Gasteiger partial charge in [0, 0.05) is 36.5 Å². The van der Waals surface area contributed by atoms with E-state index in [9.17, 15) is 22.8 Å². The fraction of sp³-hybridized carbons (Fsp3) is 0.333. The van der Waals surface area contributed by atoms with Crippen molar-refractivity contribution in [2.75, 3.05) is 5.32 Å². The molecule has 0 spiro atoms. The minimum atomic E-state index is -4.84. The SMILES string of the molecule is CC(C)C(=O)NC(CCC1CC1)(c1cccnc1)c1ccc(F)c(NC(=O)c2cc(C(F)(F)F)nn2-c2cccc(CN)c2)c1. The molecule has 5 rings (SSSR count). The molecule has 236 valence electrons. The summed E-state index contributed by atoms with van der Waals surface area (Å²) in [5, 5.41) is 9.27. The van der Waals surface area contributed by atoms with Gasteiger partial charge < -0.3 is 16.4 Å². The fourth-order valence-electron chi connectivity index (χ4n) is 5.23. The average Bonchev–Trinajstić information content (AvgIpc) is 3.74. The van der Waals surface area contributed by atoms with E-state index in [0.29, 0.717) is 35.1 Å². The van der Waals surface area contributed by atoms with Crippen molar-refractivity contribution >= 4 is 17.5 Å². The summed E-state index contributed by atoms with van der Waals surface area (Å²) < 4.78 is 57.3. The molecule has 0 radical (unpaired) electrons. The number of benzene rings is 2. The number of aromatic nitrogens is 3. The van der Waals surface area contributed by atoms with Gasteiger partial charge in [0.05, 0.1) is 16.9 Å². The fourth-order valence-corrected chi connectivity index (χ4v) is 5.23. The Hall–Kier alpha value is -4.58. The zero-order chi connectivity index (χ0) is 32.4. The summed E-state index contributed by atoms with van der Waals surface area (Å²) in [6.45, 7) is 3.65. The first-order valence-electron chi connectivity index (χ1n) is 14.7. The molecule has 4 aromatic rings. The molecule has 0 saturated heterocycles. The van der Waals surface area contributed by atoms with Gasteiger partial charge in [-0.25, -0.2) is 9.07 Å². The third kappa shape index (κ3) is 7.06. The number of nitrogens with zero attached hydrogens (tertiary/aromatic N) is 3. The molecule has 1 aliphatic rings. The second-order valence-corrected chi connectivity index (χ2v) is 11.6. The first-order chi connectivity index (χ1) is 21.4. The molecule has 1 unspecified atom stereocenters. The van der Waals surface area contributed by atoms with Crippen LogP contribution in [0.3, 0.4) is 0 Å². The molecule has 1 saturated carbocycles. The number of hydrogen-bond donors (Lipinski definition) is 3. The van der Waals surface area contributed by atoms with Crippen LogP contribution >= 0.6 is 0 Å². The second kappa shape index (κ2) is 12.8. The van der Waals surface area contributed by atoms with E-state index in [1.54, 1.807) is 44.4 Å². The zero-order valence-electron chi connectivity index (χ0n) is 24.9. The van der Waals surface area contributed by atoms with Gasteiger partial charge in [-0.3, -0.25) is 14.6 Å². The van der Waals surface area contributed by atoms with Crippen molar-refractivity contribution in [2.24, 2.45) is 17.6 Å². The van der Waals surface area contributed by atoms with Crippen LogP contribution in [0.15, 0.2) is 73.1 Å². The number of rotatable bonds is 11. The van der Waals surface area contributed by atoms with E-state index in [0.717, 1.165) is 30.0 Å². The maximum Gasteiger partial charge on any atom is 0.435 e. The molecule has 45 heavy (non-hydrogen) atoms. The molecule has 12 heteroatoms. The molecule has 4 N–H and O–H groups in total. The van der Waals surface area contributed by atoms with Gasteiger partial charge >= 0.3 is 6.18 Å². The van der Waals surface area contributed by atoms with Crippen molar-refractivity contribution in [1.29, 1.82) is 0 Å². The molecule has 1 fully saturated rings. The summed E-state index contributed by atoms with van der Waals surface area (Å²) in [6, 6.07) is 14.6. The van der Waals surface area contributed by atoms with Crippen molar-refractivity contribution in [3.05, 3.63) is 107 Å². The van der Waals surface area contributed by atoms with E-state index >= 15 is 4.39 Å². The van der Waals surface area contributed by atoms with E-state index in [1.165, 1.54) is 24.3 Å². The number of hydrogen-bond acceptors (Lipinski definition) is 5. The number of alkyl halides is 3. The van der Waals surface area contributed by atoms with Crippen LogP contribution in [0, 0.1) is 17.7 Å². The summed E-state index contributed by atoms with van der Waals surface area (Å²) in [5.74, 6) is -1.91. The monoisotopic (exact) mass is 622 g/mol. The van der Waals surface area contributed by atoms with E-state index in [2.05, 4.69) is 20.7 Å². The molecular weight excluding hydrogens is 588 g/mol. The van der Waals surface area contributed by atoms with Crippen molar-refractivity contribution in [3.8, 4) is 5.69 Å². The van der Waals surface area contributed by atoms with E-state index in [4.69, 9.17) is 5.73 Å². The molecule has 2 aromatic carbocycles. The lowest BCUT2D eigenvalue weighted by Gasteiger charge is -2.37. The minimum Gasteiger partial charge on any atom is -0.342 e. The van der Waals surface area contributed by atoms with E-state index < -0.39 is 34.8 Å². The van der Waals surface area contributed by atoms with Gasteiger partial charge in [0.2, 0.25) is 5.91 Å². The van der Waals surface area contributed by atoms with Crippen LogP contribution < -0.4 is 16.4 Å². The predicted octanol–water partition coefficient (Wildman–Crippen LogP) is 6.34. The van der Waals surface area contributed by atoms with Gasteiger partial charge in [-0.1, -0.05) is 51.0 Å². The summed E-state index contributed by atoms with van der Waals surface area (Å²) in [6.07, 6.45) is 1.84. The maximum atomic E-state index is 15.3. The van der Waals surface area contributed by atoms with E-state index in [-0.39, 0.29) is 29.7 Å². The van der Waals surface area contributed by atoms with Gasteiger partial charge in [-0.15, -0.1) is 0 Å². The molecule has 2 aromatic heterocycles. The van der Waals surface area contributed by atoms with Crippen LogP contribution in [0.1, 0.15) is 72.4 Å². The van der Waals surface area contributed by atoms with Crippen molar-refractivity contribution in [2.45, 2.75) is 57.8 Å². The summed E-state index contributed by atoms with van der Waals surface area (Å²) in [4.78, 5) is 31.0. The van der Waals surface area contributed by atoms with Crippen LogP contribution in [-0.4, -0.2) is 26.6 Å². The summed E-state index contributed by atoms with van der Waals surface area (Å²) in [5.41, 5.74) is 4.54. The molecule has 0 aliphatic heterocycles. The van der Waals surface area contributed by atoms with Crippen LogP contribution in [-0.2, 0) is 23.1 Å². The normalized spacial score (nSPS) is 14.7. The molecule has 0 bridgehead atoms. The minimum absolute atomic E-state index is 0.119. The largest absolute Gasteiger partial charge is 0.435 e. The lowest BCUT2D eigenvalue weighted by molar-refractivity contribution is -0.141. The summed E-state index contributed by atoms with van der Waals surface area (Å²) in [7, 11) is 0. The Morgan fingerprint density at radius 2 is 1.82 bits per heavy atom. The molecule has 1 atom stereocenters. The van der Waals surface area contributed by atoms with Crippen molar-refractivity contribution in [1.82, 2.24) is 20.1 Å². The van der Waals surface area contributed by atoms with Gasteiger partial charge in [0.25, 0.3) is 5.91 Å². The molecule has 2 amide bonds. The number of carbonyl (C=O) groups excluding carboxylic acids is 2. The van der Waals surface area contributed by atoms with Crippen LogP contribution in [0.25, 0.3) is 5.69 Å². The van der Waals surface area contributed by atoms with Crippen LogP contribution in [0.5, 0.6) is 0 Å². The van der Waals surface area contributed by atoms with Gasteiger partial charge in [-0.2, -0.15) is 18.3 Å². The lowest BCUT2D eigenvalue weighted by atomic mass is 9.78. The van der Waals surface area contributed by atoms with Gasteiger partial charge in [0.15, 0.2) is 5.69 Å². The molecule has 1 aliphatic carbocycles. The first-order valence-corrected chi connectivity index (χ1v) is 14.7. The number of nitrogens with one attached hydrogen (secondary N) is 2. The maximum absolute atomic E-state index is 15.3. The average molecular weight is 623 g/mol. The number of amides is 2. The zero-order valence-corrected chi connectivity index (χ0v) is 24.9. The van der Waals surface area contributed by atoms with Crippen LogP contribution in [0.2, 0.25) is 0 Å². The van der Waals surface area contributed by atoms with E-state index in [1.807, 2.05) is 6.07 Å². The highest BCUT2D eigenvalue weighted by atomic mass is 19.4. The Bertz CT molecular complexity index is 1680. The number of nitrogens with two attached hydrogens (primary N) is 1. The first kappa shape index (κ1) is 31.8.